The van der Waals surface area contributed by atoms with Gasteiger partial charge in [-0.25, -0.2) is 4.79 Å². The summed E-state index contributed by atoms with van der Waals surface area (Å²) in [6, 6.07) is 5.49. The van der Waals surface area contributed by atoms with E-state index in [9.17, 15) is 19.6 Å². The number of hydrogen-bond donors (Lipinski definition) is 8. The van der Waals surface area contributed by atoms with E-state index in [1.807, 2.05) is 13.8 Å². The van der Waals surface area contributed by atoms with Crippen LogP contribution in [0, 0.1) is 11.3 Å². The summed E-state index contributed by atoms with van der Waals surface area (Å²) in [6.07, 6.45) is 6.85. The molecule has 37 heavy (non-hydrogen) atoms. The zero-order valence-electron chi connectivity index (χ0n) is 22.4. The molecule has 0 saturated heterocycles. The summed E-state index contributed by atoms with van der Waals surface area (Å²) in [5.74, 6) is -0.741. The number of nitrogens with two attached hydrogens (primary N) is 1. The van der Waals surface area contributed by atoms with Crippen LogP contribution in [0.2, 0.25) is 0 Å². The first kappa shape index (κ1) is 32.0. The summed E-state index contributed by atoms with van der Waals surface area (Å²) in [7, 11) is -1.72. The van der Waals surface area contributed by atoms with Crippen LogP contribution in [0.15, 0.2) is 24.3 Å². The van der Waals surface area contributed by atoms with Crippen molar-refractivity contribution in [3.05, 3.63) is 24.3 Å². The first-order valence-corrected chi connectivity index (χ1v) is 13.2. The predicted octanol–water partition coefficient (Wildman–Crippen LogP) is 2.33. The third kappa shape index (κ3) is 15.0. The summed E-state index contributed by atoms with van der Waals surface area (Å²) >= 11 is 0. The van der Waals surface area contributed by atoms with Gasteiger partial charge in [-0.05, 0) is 55.9 Å². The molecule has 0 aliphatic carbocycles. The highest BCUT2D eigenvalue weighted by molar-refractivity contribution is 6.43. The summed E-state index contributed by atoms with van der Waals surface area (Å²) in [6.45, 7) is 6.98. The largest absolute Gasteiger partial charge is 0.494 e. The Hall–Kier alpha value is -2.99. The first-order valence-electron chi connectivity index (χ1n) is 13.2. The lowest BCUT2D eigenvalue weighted by Crippen LogP contribution is -2.55. The molecule has 9 N–H and O–H groups in total. The Labute approximate surface area is 221 Å². The van der Waals surface area contributed by atoms with Crippen LogP contribution in [-0.4, -0.2) is 60.2 Å². The maximum absolute atomic E-state index is 12.9. The molecule has 1 aromatic rings. The Bertz CT molecular complexity index is 809. The Morgan fingerprint density at radius 1 is 1.05 bits per heavy atom. The van der Waals surface area contributed by atoms with Crippen LogP contribution in [0.25, 0.3) is 0 Å². The number of amides is 3. The van der Waals surface area contributed by atoms with Crippen LogP contribution < -0.4 is 31.7 Å². The molecular formula is C25H45BN6O5. The van der Waals surface area contributed by atoms with Crippen molar-refractivity contribution in [1.29, 1.82) is 5.41 Å². The molecule has 0 bridgehead atoms. The van der Waals surface area contributed by atoms with E-state index in [1.165, 1.54) is 19.3 Å². The third-order valence-corrected chi connectivity index (χ3v) is 5.65. The molecule has 1 rings (SSSR count). The normalized spacial score (nSPS) is 12.4. The van der Waals surface area contributed by atoms with Crippen molar-refractivity contribution in [2.75, 3.05) is 18.5 Å². The van der Waals surface area contributed by atoms with E-state index >= 15 is 0 Å². The summed E-state index contributed by atoms with van der Waals surface area (Å²) in [5.41, 5.74) is 5.83. The van der Waals surface area contributed by atoms with Crippen LogP contribution >= 0.6 is 0 Å². The van der Waals surface area contributed by atoms with Crippen molar-refractivity contribution < 1.29 is 24.4 Å². The Balaban J connectivity index is 2.67. The highest BCUT2D eigenvalue weighted by Crippen LogP contribution is 2.16. The molecule has 0 radical (unpaired) electrons. The minimum absolute atomic E-state index is 0.120. The van der Waals surface area contributed by atoms with Gasteiger partial charge < -0.3 is 41.8 Å². The van der Waals surface area contributed by atoms with Crippen LogP contribution in [-0.2, 0) is 4.79 Å². The summed E-state index contributed by atoms with van der Waals surface area (Å²) < 4.78 is 5.75. The molecular weight excluding hydrogens is 475 g/mol. The van der Waals surface area contributed by atoms with E-state index in [0.29, 0.717) is 31.7 Å². The Kier molecular flexibility index (Phi) is 15.8. The number of carbonyl (C=O) groups excluding carboxylic acids is 2. The van der Waals surface area contributed by atoms with E-state index in [2.05, 4.69) is 28.2 Å². The number of ether oxygens (including phenoxy) is 1. The number of unbranched alkanes of at least 4 members (excludes halogenated alkanes) is 4. The van der Waals surface area contributed by atoms with Crippen molar-refractivity contribution in [3.63, 3.8) is 0 Å². The average Bonchev–Trinajstić information content (AvgIpc) is 2.83. The lowest BCUT2D eigenvalue weighted by atomic mass is 9.75. The number of benzene rings is 1. The van der Waals surface area contributed by atoms with E-state index in [1.54, 1.807) is 24.3 Å². The number of urea groups is 1. The van der Waals surface area contributed by atoms with Gasteiger partial charge in [0, 0.05) is 12.2 Å². The molecule has 0 unspecified atom stereocenters. The Morgan fingerprint density at radius 2 is 1.73 bits per heavy atom. The SMILES string of the molecule is CCCCCCCOc1ccc(NC(=O)N[C@@H](CCCNC(=N)N)C(=O)N[C@@H](CC(C)C)B(O)O)cc1. The third-order valence-electron chi connectivity index (χ3n) is 5.65. The molecule has 0 aliphatic rings. The molecule has 0 heterocycles. The predicted molar refractivity (Wildman–Crippen MR) is 147 cm³/mol. The van der Waals surface area contributed by atoms with Crippen LogP contribution in [0.3, 0.4) is 0 Å². The zero-order chi connectivity index (χ0) is 27.6. The van der Waals surface area contributed by atoms with Gasteiger partial charge in [0.1, 0.15) is 11.8 Å². The number of anilines is 1. The molecule has 208 valence electrons. The van der Waals surface area contributed by atoms with Crippen molar-refractivity contribution in [3.8, 4) is 5.75 Å². The average molecular weight is 520 g/mol. The summed E-state index contributed by atoms with van der Waals surface area (Å²) in [5, 5.41) is 37.2. The number of hydrogen-bond acceptors (Lipinski definition) is 6. The van der Waals surface area contributed by atoms with Crippen molar-refractivity contribution >= 4 is 30.7 Å². The second-order valence-electron chi connectivity index (χ2n) is 9.58. The van der Waals surface area contributed by atoms with Crippen molar-refractivity contribution in [2.45, 2.75) is 84.1 Å². The molecule has 0 aliphatic heterocycles. The minimum Gasteiger partial charge on any atom is -0.494 e. The first-order chi connectivity index (χ1) is 17.6. The van der Waals surface area contributed by atoms with Gasteiger partial charge in [-0.2, -0.15) is 0 Å². The maximum Gasteiger partial charge on any atom is 0.475 e. The molecule has 0 spiro atoms. The van der Waals surface area contributed by atoms with Gasteiger partial charge in [0.25, 0.3) is 0 Å². The van der Waals surface area contributed by atoms with Crippen molar-refractivity contribution in [1.82, 2.24) is 16.0 Å². The quantitative estimate of drug-likeness (QED) is 0.0632. The van der Waals surface area contributed by atoms with Crippen LogP contribution in [0.1, 0.15) is 72.1 Å². The van der Waals surface area contributed by atoms with Crippen LogP contribution in [0.5, 0.6) is 5.75 Å². The lowest BCUT2D eigenvalue weighted by Gasteiger charge is -2.24. The van der Waals surface area contributed by atoms with Gasteiger partial charge in [0.2, 0.25) is 5.91 Å². The molecule has 11 nitrogen and oxygen atoms in total. The standard InChI is InChI=1S/C25H45BN6O5/c1-4-5-6-7-8-16-37-20-13-11-19(12-14-20)30-25(34)31-21(10-9-15-29-24(27)28)23(33)32-22(26(35)36)17-18(2)3/h11-14,18,21-22,35-36H,4-10,15-17H2,1-3H3,(H,32,33)(H4,27,28,29)(H2,30,31,34)/t21-,22-/m0/s1. The second kappa shape index (κ2) is 18.3. The number of nitrogens with one attached hydrogen (secondary N) is 5. The molecule has 0 fully saturated rings. The van der Waals surface area contributed by atoms with Crippen molar-refractivity contribution in [2.24, 2.45) is 11.7 Å². The second-order valence-corrected chi connectivity index (χ2v) is 9.58. The number of guanidine groups is 1. The van der Waals surface area contributed by atoms with E-state index in [-0.39, 0.29) is 18.3 Å². The molecule has 0 saturated carbocycles. The number of rotatable bonds is 18. The minimum atomic E-state index is -1.72. The fraction of sp³-hybridized carbons (Fsp3) is 0.640. The topological polar surface area (TPSA) is 182 Å². The Morgan fingerprint density at radius 3 is 2.32 bits per heavy atom. The molecule has 2 atom stereocenters. The fourth-order valence-corrected chi connectivity index (χ4v) is 3.70. The van der Waals surface area contributed by atoms with E-state index in [0.717, 1.165) is 18.6 Å². The highest BCUT2D eigenvalue weighted by atomic mass is 16.5. The smallest absolute Gasteiger partial charge is 0.475 e. The van der Waals surface area contributed by atoms with Gasteiger partial charge in [0.15, 0.2) is 5.96 Å². The molecule has 3 amide bonds. The van der Waals surface area contributed by atoms with Gasteiger partial charge in [-0.15, -0.1) is 0 Å². The van der Waals surface area contributed by atoms with E-state index in [4.69, 9.17) is 15.9 Å². The summed E-state index contributed by atoms with van der Waals surface area (Å²) in [4.78, 5) is 25.5. The lowest BCUT2D eigenvalue weighted by molar-refractivity contribution is -0.123. The molecule has 12 heteroatoms. The monoisotopic (exact) mass is 520 g/mol. The van der Waals surface area contributed by atoms with Gasteiger partial charge in [-0.3, -0.25) is 10.2 Å². The van der Waals surface area contributed by atoms with Gasteiger partial charge in [0.05, 0.1) is 12.5 Å². The fourth-order valence-electron chi connectivity index (χ4n) is 3.70. The highest BCUT2D eigenvalue weighted by Gasteiger charge is 2.29. The van der Waals surface area contributed by atoms with Crippen LogP contribution in [0.4, 0.5) is 10.5 Å². The molecule has 0 aromatic heterocycles. The maximum atomic E-state index is 12.9. The zero-order valence-corrected chi connectivity index (χ0v) is 22.4. The van der Waals surface area contributed by atoms with E-state index < -0.39 is 31.0 Å². The molecule has 1 aromatic carbocycles. The number of carbonyl (C=O) groups is 2. The van der Waals surface area contributed by atoms with Gasteiger partial charge >= 0.3 is 13.1 Å². The van der Waals surface area contributed by atoms with Gasteiger partial charge in [-0.1, -0.05) is 46.5 Å².